The highest BCUT2D eigenvalue weighted by Crippen LogP contribution is 2.30. The number of nitrogens with zero attached hydrogens (tertiary/aromatic N) is 2. The lowest BCUT2D eigenvalue weighted by molar-refractivity contribution is 0.466. The number of phenols is 1. The summed E-state index contributed by atoms with van der Waals surface area (Å²) in [6.45, 7) is 4.00. The number of aryl methyl sites for hydroxylation is 2. The van der Waals surface area contributed by atoms with Crippen LogP contribution in [0.2, 0.25) is 0 Å². The van der Waals surface area contributed by atoms with Crippen molar-refractivity contribution in [3.05, 3.63) is 69.6 Å². The Morgan fingerprint density at radius 3 is 2.68 bits per heavy atom. The normalized spacial score (nSPS) is 11.2. The number of H-pyrrole nitrogens is 1. The maximum absolute atomic E-state index is 11.9. The second kappa shape index (κ2) is 7.52. The lowest BCUT2D eigenvalue weighted by Gasteiger charge is -2.07. The van der Waals surface area contributed by atoms with Crippen molar-refractivity contribution in [1.82, 2.24) is 15.2 Å². The monoisotopic (exact) mass is 393 g/mol. The standard InChI is InChI=1S/C21H19N3O3S/c1-3-13-8-16-15(9-19(26)27-18(16)10-17(13)25)11-28-21-22-20(23-24-21)14-6-4-12(2)5-7-14/h4-10,25H,3,11H2,1-2H3,(H,22,23,24). The van der Waals surface area contributed by atoms with E-state index in [1.165, 1.54) is 29.5 Å². The molecule has 0 aliphatic rings. The minimum absolute atomic E-state index is 0.139. The zero-order valence-corrected chi connectivity index (χ0v) is 16.3. The Hall–Kier alpha value is -3.06. The molecule has 0 aliphatic carbocycles. The minimum Gasteiger partial charge on any atom is -0.508 e. The second-order valence-corrected chi connectivity index (χ2v) is 7.49. The first-order chi connectivity index (χ1) is 13.5. The molecule has 0 spiro atoms. The maximum atomic E-state index is 11.9. The minimum atomic E-state index is -0.443. The molecule has 0 aliphatic heterocycles. The summed E-state index contributed by atoms with van der Waals surface area (Å²) in [5.74, 6) is 1.36. The van der Waals surface area contributed by atoms with E-state index in [0.717, 1.165) is 22.1 Å². The third kappa shape index (κ3) is 3.66. The van der Waals surface area contributed by atoms with Crippen molar-refractivity contribution in [1.29, 1.82) is 0 Å². The lowest BCUT2D eigenvalue weighted by atomic mass is 10.1. The molecule has 0 atom stereocenters. The molecule has 0 unspecified atom stereocenters. The summed E-state index contributed by atoms with van der Waals surface area (Å²) in [5, 5.41) is 18.7. The number of aromatic amines is 1. The Morgan fingerprint density at radius 2 is 1.93 bits per heavy atom. The molecular formula is C21H19N3O3S. The van der Waals surface area contributed by atoms with Gasteiger partial charge in [-0.05, 0) is 30.5 Å². The van der Waals surface area contributed by atoms with E-state index >= 15 is 0 Å². The molecule has 2 aromatic carbocycles. The van der Waals surface area contributed by atoms with Gasteiger partial charge in [-0.15, -0.1) is 5.10 Å². The van der Waals surface area contributed by atoms with Crippen molar-refractivity contribution < 1.29 is 9.52 Å². The first-order valence-electron chi connectivity index (χ1n) is 8.94. The van der Waals surface area contributed by atoms with Gasteiger partial charge in [0, 0.05) is 28.8 Å². The van der Waals surface area contributed by atoms with Crippen LogP contribution in [0.1, 0.15) is 23.6 Å². The largest absolute Gasteiger partial charge is 0.508 e. The van der Waals surface area contributed by atoms with Gasteiger partial charge in [0.25, 0.3) is 0 Å². The predicted molar refractivity (Wildman–Crippen MR) is 110 cm³/mol. The molecule has 0 bridgehead atoms. The molecule has 142 valence electrons. The topological polar surface area (TPSA) is 92.0 Å². The Labute approximate surface area is 165 Å². The number of aromatic nitrogens is 3. The first-order valence-corrected chi connectivity index (χ1v) is 9.93. The summed E-state index contributed by atoms with van der Waals surface area (Å²) in [5.41, 5.74) is 3.74. The molecule has 0 saturated heterocycles. The molecule has 2 N–H and O–H groups in total. The van der Waals surface area contributed by atoms with Crippen molar-refractivity contribution in [2.75, 3.05) is 0 Å². The smallest absolute Gasteiger partial charge is 0.336 e. The molecule has 7 heteroatoms. The fourth-order valence-electron chi connectivity index (χ4n) is 3.00. The molecule has 4 aromatic rings. The number of aromatic hydroxyl groups is 1. The molecule has 0 saturated carbocycles. The van der Waals surface area contributed by atoms with Crippen LogP contribution in [0.3, 0.4) is 0 Å². The van der Waals surface area contributed by atoms with Crippen molar-refractivity contribution in [2.24, 2.45) is 0 Å². The summed E-state index contributed by atoms with van der Waals surface area (Å²) in [6, 6.07) is 12.9. The van der Waals surface area contributed by atoms with E-state index in [4.69, 9.17) is 4.42 Å². The maximum Gasteiger partial charge on any atom is 0.336 e. The molecule has 0 radical (unpaired) electrons. The summed E-state index contributed by atoms with van der Waals surface area (Å²) >= 11 is 1.44. The van der Waals surface area contributed by atoms with E-state index in [1.807, 2.05) is 44.2 Å². The summed E-state index contributed by atoms with van der Waals surface area (Å²) < 4.78 is 5.24. The fourth-order valence-corrected chi connectivity index (χ4v) is 3.79. The zero-order chi connectivity index (χ0) is 19.7. The second-order valence-electron chi connectivity index (χ2n) is 6.54. The Morgan fingerprint density at radius 1 is 1.14 bits per heavy atom. The molecule has 6 nitrogen and oxygen atoms in total. The van der Waals surface area contributed by atoms with Crippen molar-refractivity contribution in [3.63, 3.8) is 0 Å². The van der Waals surface area contributed by atoms with Gasteiger partial charge in [-0.25, -0.2) is 9.78 Å². The summed E-state index contributed by atoms with van der Waals surface area (Å²) in [7, 11) is 0. The SMILES string of the molecule is CCc1cc2c(CSc3n[nH]c(-c4ccc(C)cc4)n3)cc(=O)oc2cc1O. The first kappa shape index (κ1) is 18.3. The Bertz CT molecular complexity index is 1200. The predicted octanol–water partition coefficient (Wildman–Crippen LogP) is 4.45. The molecular weight excluding hydrogens is 374 g/mol. The zero-order valence-electron chi connectivity index (χ0n) is 15.5. The average Bonchev–Trinajstić information content (AvgIpc) is 3.15. The van der Waals surface area contributed by atoms with Gasteiger partial charge < -0.3 is 9.52 Å². The van der Waals surface area contributed by atoms with Gasteiger partial charge in [-0.3, -0.25) is 5.10 Å². The van der Waals surface area contributed by atoms with Crippen LogP contribution < -0.4 is 5.63 Å². The fraction of sp³-hybridized carbons (Fsp3) is 0.190. The number of rotatable bonds is 5. The summed E-state index contributed by atoms with van der Waals surface area (Å²) in [4.78, 5) is 16.4. The van der Waals surface area contributed by atoms with E-state index in [0.29, 0.717) is 28.7 Å². The highest BCUT2D eigenvalue weighted by atomic mass is 32.2. The van der Waals surface area contributed by atoms with Gasteiger partial charge >= 0.3 is 5.63 Å². The van der Waals surface area contributed by atoms with Crippen LogP contribution in [-0.2, 0) is 12.2 Å². The Kier molecular flexibility index (Phi) is 4.92. The van der Waals surface area contributed by atoms with Gasteiger partial charge in [-0.2, -0.15) is 0 Å². The van der Waals surface area contributed by atoms with Crippen LogP contribution in [0.15, 0.2) is 56.8 Å². The molecule has 0 fully saturated rings. The van der Waals surface area contributed by atoms with Crippen LogP contribution in [-0.4, -0.2) is 20.3 Å². The molecule has 4 rings (SSSR count). The van der Waals surface area contributed by atoms with Crippen LogP contribution in [0.25, 0.3) is 22.4 Å². The van der Waals surface area contributed by atoms with Crippen LogP contribution in [0.4, 0.5) is 0 Å². The molecule has 2 heterocycles. The van der Waals surface area contributed by atoms with E-state index in [1.54, 1.807) is 0 Å². The lowest BCUT2D eigenvalue weighted by Crippen LogP contribution is -2.00. The molecule has 2 aromatic heterocycles. The summed E-state index contributed by atoms with van der Waals surface area (Å²) in [6.07, 6.45) is 0.689. The number of thioether (sulfide) groups is 1. The molecule has 28 heavy (non-hydrogen) atoms. The van der Waals surface area contributed by atoms with Gasteiger partial charge in [0.15, 0.2) is 5.82 Å². The van der Waals surface area contributed by atoms with Crippen molar-refractivity contribution in [3.8, 4) is 17.1 Å². The van der Waals surface area contributed by atoms with E-state index in [-0.39, 0.29) is 5.75 Å². The number of phenolic OH excluding ortho intramolecular Hbond substituents is 1. The molecule has 0 amide bonds. The number of benzene rings is 2. The highest BCUT2D eigenvalue weighted by molar-refractivity contribution is 7.98. The number of fused-ring (bicyclic) bond motifs is 1. The van der Waals surface area contributed by atoms with Gasteiger partial charge in [-0.1, -0.05) is 48.5 Å². The number of hydrogen-bond donors (Lipinski definition) is 2. The highest BCUT2D eigenvalue weighted by Gasteiger charge is 2.12. The van der Waals surface area contributed by atoms with Gasteiger partial charge in [0.05, 0.1) is 0 Å². The van der Waals surface area contributed by atoms with Crippen LogP contribution in [0, 0.1) is 6.92 Å². The number of nitrogens with one attached hydrogen (secondary N) is 1. The van der Waals surface area contributed by atoms with E-state index in [2.05, 4.69) is 15.2 Å². The van der Waals surface area contributed by atoms with Crippen LogP contribution >= 0.6 is 11.8 Å². The van der Waals surface area contributed by atoms with Crippen molar-refractivity contribution in [2.45, 2.75) is 31.2 Å². The number of hydrogen-bond acceptors (Lipinski definition) is 6. The van der Waals surface area contributed by atoms with Crippen molar-refractivity contribution >= 4 is 22.7 Å². The third-order valence-electron chi connectivity index (χ3n) is 4.56. The third-order valence-corrected chi connectivity index (χ3v) is 5.45. The van der Waals surface area contributed by atoms with Gasteiger partial charge in [0.1, 0.15) is 11.3 Å². The van der Waals surface area contributed by atoms with E-state index < -0.39 is 5.63 Å². The van der Waals surface area contributed by atoms with E-state index in [9.17, 15) is 9.90 Å². The quantitative estimate of drug-likeness (QED) is 0.384. The average molecular weight is 393 g/mol. The Balaban J connectivity index is 1.61. The van der Waals surface area contributed by atoms with Crippen LogP contribution in [0.5, 0.6) is 5.75 Å². The van der Waals surface area contributed by atoms with Gasteiger partial charge in [0.2, 0.25) is 5.16 Å².